The molecule has 0 heterocycles. The molecule has 1 atom stereocenters. The molecule has 0 aliphatic heterocycles. The fourth-order valence-electron chi connectivity index (χ4n) is 1.17. The summed E-state index contributed by atoms with van der Waals surface area (Å²) in [6, 6.07) is 0.458. The van der Waals surface area contributed by atoms with Gasteiger partial charge < -0.3 is 15.7 Å². The van der Waals surface area contributed by atoms with Crippen molar-refractivity contribution >= 4 is 5.91 Å². The van der Waals surface area contributed by atoms with Crippen molar-refractivity contribution in [2.75, 3.05) is 13.1 Å². The van der Waals surface area contributed by atoms with Gasteiger partial charge in [-0.05, 0) is 32.7 Å². The van der Waals surface area contributed by atoms with Crippen molar-refractivity contribution in [3.63, 3.8) is 0 Å². The first-order valence-corrected chi connectivity index (χ1v) is 5.36. The lowest BCUT2D eigenvalue weighted by Gasteiger charge is -2.06. The normalized spacial score (nSPS) is 17.9. The van der Waals surface area contributed by atoms with Crippen molar-refractivity contribution < 1.29 is 9.90 Å². The van der Waals surface area contributed by atoms with Crippen molar-refractivity contribution in [1.29, 1.82) is 0 Å². The van der Waals surface area contributed by atoms with Gasteiger partial charge in [0, 0.05) is 19.0 Å². The Labute approximate surface area is 85.1 Å². The Morgan fingerprint density at radius 3 is 2.79 bits per heavy atom. The first kappa shape index (κ1) is 11.5. The Bertz CT molecular complexity index is 179. The summed E-state index contributed by atoms with van der Waals surface area (Å²) >= 11 is 0. The molecule has 4 heteroatoms. The number of carbonyl (C=O) groups excluding carboxylic acids is 1. The highest BCUT2D eigenvalue weighted by Crippen LogP contribution is 2.18. The Morgan fingerprint density at radius 1 is 1.50 bits per heavy atom. The second-order valence-corrected chi connectivity index (χ2v) is 3.98. The summed E-state index contributed by atoms with van der Waals surface area (Å²) in [7, 11) is 0. The van der Waals surface area contributed by atoms with Gasteiger partial charge in [0.15, 0.2) is 0 Å². The van der Waals surface area contributed by atoms with Crippen LogP contribution in [0.5, 0.6) is 0 Å². The van der Waals surface area contributed by atoms with E-state index in [4.69, 9.17) is 5.11 Å². The van der Waals surface area contributed by atoms with E-state index in [1.54, 1.807) is 6.92 Å². The minimum Gasteiger partial charge on any atom is -0.393 e. The third-order valence-electron chi connectivity index (χ3n) is 2.21. The monoisotopic (exact) mass is 200 g/mol. The number of nitrogens with one attached hydrogen (secondary N) is 2. The molecular formula is C10H20N2O2. The fourth-order valence-corrected chi connectivity index (χ4v) is 1.17. The van der Waals surface area contributed by atoms with Gasteiger partial charge >= 0.3 is 0 Å². The third kappa shape index (κ3) is 5.94. The number of aliphatic hydroxyl groups excluding tert-OH is 1. The summed E-state index contributed by atoms with van der Waals surface area (Å²) < 4.78 is 0. The molecular weight excluding hydrogens is 180 g/mol. The van der Waals surface area contributed by atoms with E-state index in [2.05, 4.69) is 10.6 Å². The Balaban J connectivity index is 1.84. The molecule has 1 rings (SSSR count). The number of hydrogen-bond acceptors (Lipinski definition) is 3. The predicted octanol–water partition coefficient (Wildman–Crippen LogP) is 0.0156. The molecule has 0 spiro atoms. The Morgan fingerprint density at radius 2 is 2.21 bits per heavy atom. The van der Waals surface area contributed by atoms with Gasteiger partial charge in [-0.1, -0.05) is 0 Å². The van der Waals surface area contributed by atoms with Crippen LogP contribution >= 0.6 is 0 Å². The average Bonchev–Trinajstić information content (AvgIpc) is 2.87. The Hall–Kier alpha value is -0.610. The molecule has 0 aromatic rings. The molecule has 1 aliphatic rings. The van der Waals surface area contributed by atoms with Crippen LogP contribution in [0.2, 0.25) is 0 Å². The number of carbonyl (C=O) groups is 1. The van der Waals surface area contributed by atoms with Gasteiger partial charge in [0.2, 0.25) is 5.91 Å². The first-order valence-electron chi connectivity index (χ1n) is 5.36. The van der Waals surface area contributed by atoms with Crippen LogP contribution in [0.3, 0.4) is 0 Å². The summed E-state index contributed by atoms with van der Waals surface area (Å²) in [5.74, 6) is 0.136. The van der Waals surface area contributed by atoms with Gasteiger partial charge in [0.25, 0.3) is 0 Å². The maximum atomic E-state index is 11.2. The predicted molar refractivity (Wildman–Crippen MR) is 54.9 cm³/mol. The zero-order chi connectivity index (χ0) is 10.4. The highest BCUT2D eigenvalue weighted by atomic mass is 16.3. The van der Waals surface area contributed by atoms with E-state index < -0.39 is 0 Å². The molecule has 1 saturated carbocycles. The SMILES string of the molecule is CC(O)CCNCCC(=O)NC1CC1. The van der Waals surface area contributed by atoms with Crippen molar-refractivity contribution in [2.45, 2.75) is 44.8 Å². The van der Waals surface area contributed by atoms with Crippen molar-refractivity contribution in [3.05, 3.63) is 0 Å². The number of hydrogen-bond donors (Lipinski definition) is 3. The molecule has 0 bridgehead atoms. The van der Waals surface area contributed by atoms with Crippen molar-refractivity contribution in [1.82, 2.24) is 10.6 Å². The molecule has 14 heavy (non-hydrogen) atoms. The molecule has 4 nitrogen and oxygen atoms in total. The van der Waals surface area contributed by atoms with Crippen LogP contribution in [0, 0.1) is 0 Å². The van der Waals surface area contributed by atoms with Crippen LogP contribution < -0.4 is 10.6 Å². The molecule has 0 radical (unpaired) electrons. The van der Waals surface area contributed by atoms with Crippen molar-refractivity contribution in [2.24, 2.45) is 0 Å². The topological polar surface area (TPSA) is 61.4 Å². The molecule has 0 aromatic carbocycles. The van der Waals surface area contributed by atoms with E-state index in [0.29, 0.717) is 19.0 Å². The minimum atomic E-state index is -0.261. The summed E-state index contributed by atoms with van der Waals surface area (Å²) in [6.45, 7) is 3.24. The van der Waals surface area contributed by atoms with Crippen LogP contribution in [-0.4, -0.2) is 36.2 Å². The zero-order valence-corrected chi connectivity index (χ0v) is 8.75. The summed E-state index contributed by atoms with van der Waals surface area (Å²) in [6.07, 6.45) is 3.30. The van der Waals surface area contributed by atoms with E-state index in [9.17, 15) is 4.79 Å². The smallest absolute Gasteiger partial charge is 0.221 e. The lowest BCUT2D eigenvalue weighted by molar-refractivity contribution is -0.121. The fraction of sp³-hybridized carbons (Fsp3) is 0.900. The highest BCUT2D eigenvalue weighted by molar-refractivity contribution is 5.76. The van der Waals surface area contributed by atoms with Crippen LogP contribution in [0.4, 0.5) is 0 Å². The van der Waals surface area contributed by atoms with Gasteiger partial charge in [0.1, 0.15) is 0 Å². The quantitative estimate of drug-likeness (QED) is 0.508. The Kier molecular flexibility index (Phi) is 4.90. The molecule has 0 saturated heterocycles. The molecule has 3 N–H and O–H groups in total. The van der Waals surface area contributed by atoms with E-state index >= 15 is 0 Å². The summed E-state index contributed by atoms with van der Waals surface area (Å²) in [5, 5.41) is 15.0. The van der Waals surface area contributed by atoms with E-state index in [0.717, 1.165) is 25.8 Å². The molecule has 0 aromatic heterocycles. The van der Waals surface area contributed by atoms with Gasteiger partial charge in [-0.15, -0.1) is 0 Å². The lowest BCUT2D eigenvalue weighted by Crippen LogP contribution is -2.29. The average molecular weight is 200 g/mol. The van der Waals surface area contributed by atoms with E-state index in [1.165, 1.54) is 0 Å². The van der Waals surface area contributed by atoms with Crippen LogP contribution in [0.15, 0.2) is 0 Å². The summed E-state index contributed by atoms with van der Waals surface area (Å²) in [4.78, 5) is 11.2. The summed E-state index contributed by atoms with van der Waals surface area (Å²) in [5.41, 5.74) is 0. The third-order valence-corrected chi connectivity index (χ3v) is 2.21. The van der Waals surface area contributed by atoms with Gasteiger partial charge in [-0.3, -0.25) is 4.79 Å². The van der Waals surface area contributed by atoms with Gasteiger partial charge in [-0.2, -0.15) is 0 Å². The standard InChI is InChI=1S/C10H20N2O2/c1-8(13)4-6-11-7-5-10(14)12-9-2-3-9/h8-9,11,13H,2-7H2,1H3,(H,12,14). The molecule has 82 valence electrons. The lowest BCUT2D eigenvalue weighted by atomic mass is 10.3. The number of rotatable bonds is 7. The minimum absolute atomic E-state index is 0.136. The van der Waals surface area contributed by atoms with Gasteiger partial charge in [0.05, 0.1) is 6.10 Å². The second kappa shape index (κ2) is 5.98. The highest BCUT2D eigenvalue weighted by Gasteiger charge is 2.22. The largest absolute Gasteiger partial charge is 0.393 e. The second-order valence-electron chi connectivity index (χ2n) is 3.98. The van der Waals surface area contributed by atoms with E-state index in [1.807, 2.05) is 0 Å². The van der Waals surface area contributed by atoms with Crippen LogP contribution in [-0.2, 0) is 4.79 Å². The first-order chi connectivity index (χ1) is 6.68. The molecule has 1 unspecified atom stereocenters. The molecule has 1 aliphatic carbocycles. The maximum Gasteiger partial charge on any atom is 0.221 e. The van der Waals surface area contributed by atoms with Crippen LogP contribution in [0.25, 0.3) is 0 Å². The number of aliphatic hydroxyl groups is 1. The van der Waals surface area contributed by atoms with Crippen molar-refractivity contribution in [3.8, 4) is 0 Å². The van der Waals surface area contributed by atoms with Crippen LogP contribution in [0.1, 0.15) is 32.6 Å². The molecule has 1 fully saturated rings. The molecule has 1 amide bonds. The maximum absolute atomic E-state index is 11.2. The van der Waals surface area contributed by atoms with Gasteiger partial charge in [-0.25, -0.2) is 0 Å². The number of amides is 1. The van der Waals surface area contributed by atoms with E-state index in [-0.39, 0.29) is 12.0 Å². The zero-order valence-electron chi connectivity index (χ0n) is 8.75.